The van der Waals surface area contributed by atoms with Gasteiger partial charge in [-0.25, -0.2) is 0 Å². The van der Waals surface area contributed by atoms with Gasteiger partial charge in [0.2, 0.25) is 0 Å². The van der Waals surface area contributed by atoms with E-state index in [1.54, 1.807) is 12.1 Å². The maximum Gasteiger partial charge on any atom is 0.306 e. The highest BCUT2D eigenvalue weighted by atomic mass is 127. The fraction of sp³-hybridized carbons (Fsp3) is 0.364. The minimum Gasteiger partial charge on any atom is -0.481 e. The summed E-state index contributed by atoms with van der Waals surface area (Å²) >= 11 is 1.99. The maximum atomic E-state index is 10.9. The van der Waals surface area contributed by atoms with E-state index in [1.165, 1.54) is 13.2 Å². The van der Waals surface area contributed by atoms with Crippen molar-refractivity contribution in [3.8, 4) is 0 Å². The van der Waals surface area contributed by atoms with Crippen LogP contribution in [0.25, 0.3) is 0 Å². The Morgan fingerprint density at radius 2 is 2.32 bits per heavy atom. The lowest BCUT2D eigenvalue weighted by molar-refractivity contribution is -0.384. The molecule has 0 fully saturated rings. The zero-order valence-electron chi connectivity index (χ0n) is 10.1. The molecule has 1 rings (SSSR count). The Balaban J connectivity index is 2.76. The number of aliphatic carboxylic acids is 1. The summed E-state index contributed by atoms with van der Waals surface area (Å²) in [6.45, 7) is 0.185. The quantitative estimate of drug-likeness (QED) is 0.427. The largest absolute Gasteiger partial charge is 0.481 e. The molecule has 19 heavy (non-hydrogen) atoms. The molecule has 0 radical (unpaired) electrons. The first-order chi connectivity index (χ1) is 8.93. The summed E-state index contributed by atoms with van der Waals surface area (Å²) in [7, 11) is 1.40. The average Bonchev–Trinajstić information content (AvgIpc) is 2.34. The highest BCUT2D eigenvalue weighted by Crippen LogP contribution is 2.26. The molecule has 0 saturated heterocycles. The van der Waals surface area contributed by atoms with Crippen LogP contribution in [0.4, 0.5) is 11.4 Å². The number of nitro benzene ring substituents is 1. The number of rotatable bonds is 7. The number of methoxy groups -OCH3 is 1. The van der Waals surface area contributed by atoms with E-state index in [0.29, 0.717) is 5.69 Å². The van der Waals surface area contributed by atoms with E-state index in [1.807, 2.05) is 22.6 Å². The van der Waals surface area contributed by atoms with Gasteiger partial charge in [0.05, 0.1) is 17.4 Å². The molecule has 1 aromatic carbocycles. The minimum atomic E-state index is -0.981. The van der Waals surface area contributed by atoms with Gasteiger partial charge in [-0.15, -0.1) is 0 Å². The van der Waals surface area contributed by atoms with E-state index in [0.717, 1.165) is 3.57 Å². The van der Waals surface area contributed by atoms with Gasteiger partial charge in [-0.1, -0.05) is 0 Å². The van der Waals surface area contributed by atoms with Crippen LogP contribution in [0.3, 0.4) is 0 Å². The fourth-order valence-electron chi connectivity index (χ4n) is 1.46. The number of hydrogen-bond donors (Lipinski definition) is 2. The second kappa shape index (κ2) is 7.24. The molecule has 0 aliphatic carbocycles. The monoisotopic (exact) mass is 380 g/mol. The molecule has 0 aliphatic rings. The predicted molar refractivity (Wildman–Crippen MR) is 77.4 cm³/mol. The van der Waals surface area contributed by atoms with Crippen LogP contribution in [0.5, 0.6) is 0 Å². The van der Waals surface area contributed by atoms with Crippen LogP contribution in [0.1, 0.15) is 6.42 Å². The highest BCUT2D eigenvalue weighted by molar-refractivity contribution is 14.1. The van der Waals surface area contributed by atoms with Gasteiger partial charge in [-0.2, -0.15) is 0 Å². The molecule has 0 aliphatic heterocycles. The summed E-state index contributed by atoms with van der Waals surface area (Å²) in [5.74, 6) is -0.981. The van der Waals surface area contributed by atoms with Crippen molar-refractivity contribution >= 4 is 39.9 Å². The third-order valence-electron chi connectivity index (χ3n) is 2.41. The molecule has 0 spiro atoms. The van der Waals surface area contributed by atoms with Crippen LogP contribution in [0, 0.1) is 13.7 Å². The summed E-state index contributed by atoms with van der Waals surface area (Å²) in [4.78, 5) is 21.0. The molecule has 0 saturated carbocycles. The van der Waals surface area contributed by atoms with Crippen LogP contribution in [0.2, 0.25) is 0 Å². The number of carboxylic acids is 1. The van der Waals surface area contributed by atoms with Crippen molar-refractivity contribution in [2.75, 3.05) is 19.0 Å². The normalized spacial score (nSPS) is 11.9. The molecule has 0 aromatic heterocycles. The van der Waals surface area contributed by atoms with Gasteiger partial charge in [-0.05, 0) is 34.7 Å². The second-order valence-electron chi connectivity index (χ2n) is 3.76. The van der Waals surface area contributed by atoms with Gasteiger partial charge in [0, 0.05) is 23.3 Å². The summed E-state index contributed by atoms with van der Waals surface area (Å²) in [5.41, 5.74) is 0.301. The number of ether oxygens (including phenoxy) is 1. The first kappa shape index (κ1) is 15.6. The molecule has 0 bridgehead atoms. The zero-order valence-corrected chi connectivity index (χ0v) is 12.3. The topological polar surface area (TPSA) is 102 Å². The third kappa shape index (κ3) is 4.99. The Morgan fingerprint density at radius 1 is 1.63 bits per heavy atom. The van der Waals surface area contributed by atoms with Gasteiger partial charge in [0.1, 0.15) is 5.69 Å². The summed E-state index contributed by atoms with van der Waals surface area (Å²) in [6, 6.07) is 4.77. The van der Waals surface area contributed by atoms with Crippen molar-refractivity contribution in [1.82, 2.24) is 0 Å². The van der Waals surface area contributed by atoms with Gasteiger partial charge in [-0.3, -0.25) is 14.9 Å². The first-order valence-electron chi connectivity index (χ1n) is 5.36. The smallest absolute Gasteiger partial charge is 0.306 e. The van der Waals surface area contributed by atoms with Crippen molar-refractivity contribution in [2.24, 2.45) is 0 Å². The van der Waals surface area contributed by atoms with E-state index in [4.69, 9.17) is 9.84 Å². The van der Waals surface area contributed by atoms with E-state index in [2.05, 4.69) is 5.32 Å². The number of nitrogens with one attached hydrogen (secondary N) is 1. The number of hydrogen-bond acceptors (Lipinski definition) is 5. The third-order valence-corrected chi connectivity index (χ3v) is 3.08. The van der Waals surface area contributed by atoms with E-state index in [9.17, 15) is 14.9 Å². The summed E-state index contributed by atoms with van der Waals surface area (Å²) in [5, 5.41) is 22.4. The molecule has 0 amide bonds. The molecule has 1 aromatic rings. The molecule has 2 N–H and O–H groups in total. The molecule has 104 valence electrons. The standard InChI is InChI=1S/C11H13IN2O5/c1-19-8(5-11(15)16)6-13-9-3-2-7(12)4-10(9)14(17)18/h2-4,8,13H,5-6H2,1H3,(H,15,16). The maximum absolute atomic E-state index is 10.9. The van der Waals surface area contributed by atoms with Crippen molar-refractivity contribution in [3.05, 3.63) is 31.9 Å². The molecular weight excluding hydrogens is 367 g/mol. The molecular formula is C11H13IN2O5. The summed E-state index contributed by atoms with van der Waals surface area (Å²) < 4.78 is 5.75. The number of carbonyl (C=O) groups is 1. The van der Waals surface area contributed by atoms with Crippen molar-refractivity contribution < 1.29 is 19.6 Å². The predicted octanol–water partition coefficient (Wildman–Crippen LogP) is 2.10. The van der Waals surface area contributed by atoms with E-state index in [-0.39, 0.29) is 18.7 Å². The molecule has 1 atom stereocenters. The lowest BCUT2D eigenvalue weighted by atomic mass is 10.2. The summed E-state index contributed by atoms with van der Waals surface area (Å²) in [6.07, 6.45) is -0.710. The Labute approximate surface area is 123 Å². The molecule has 1 unspecified atom stereocenters. The molecule has 0 heterocycles. The Kier molecular flexibility index (Phi) is 5.96. The van der Waals surface area contributed by atoms with E-state index >= 15 is 0 Å². The van der Waals surface area contributed by atoms with Crippen molar-refractivity contribution in [3.63, 3.8) is 0 Å². The van der Waals surface area contributed by atoms with Gasteiger partial charge in [0.25, 0.3) is 5.69 Å². The first-order valence-corrected chi connectivity index (χ1v) is 6.44. The van der Waals surface area contributed by atoms with Gasteiger partial charge < -0.3 is 15.2 Å². The Morgan fingerprint density at radius 3 is 2.84 bits per heavy atom. The zero-order chi connectivity index (χ0) is 14.4. The Hall–Kier alpha value is -1.42. The number of halogens is 1. The SMILES string of the molecule is COC(CNc1ccc(I)cc1[N+](=O)[O-])CC(=O)O. The number of nitro groups is 1. The number of nitrogens with zero attached hydrogens (tertiary/aromatic N) is 1. The van der Waals surface area contributed by atoms with Crippen LogP contribution in [-0.2, 0) is 9.53 Å². The number of benzene rings is 1. The van der Waals surface area contributed by atoms with Crippen molar-refractivity contribution in [1.29, 1.82) is 0 Å². The number of anilines is 1. The number of carboxylic acid groups (broad SMARTS) is 1. The molecule has 7 nitrogen and oxygen atoms in total. The fourth-order valence-corrected chi connectivity index (χ4v) is 1.94. The van der Waals surface area contributed by atoms with Crippen LogP contribution >= 0.6 is 22.6 Å². The minimum absolute atomic E-state index is 0.0444. The highest BCUT2D eigenvalue weighted by Gasteiger charge is 2.17. The van der Waals surface area contributed by atoms with Crippen LogP contribution in [0.15, 0.2) is 18.2 Å². The van der Waals surface area contributed by atoms with Crippen LogP contribution < -0.4 is 5.32 Å². The molecule has 8 heteroatoms. The lowest BCUT2D eigenvalue weighted by Crippen LogP contribution is -2.25. The van der Waals surface area contributed by atoms with Crippen LogP contribution in [-0.4, -0.2) is 35.8 Å². The Bertz CT molecular complexity index is 480. The second-order valence-corrected chi connectivity index (χ2v) is 5.00. The average molecular weight is 380 g/mol. The van der Waals surface area contributed by atoms with Crippen molar-refractivity contribution in [2.45, 2.75) is 12.5 Å². The lowest BCUT2D eigenvalue weighted by Gasteiger charge is -2.14. The van der Waals surface area contributed by atoms with E-state index < -0.39 is 17.0 Å². The van der Waals surface area contributed by atoms with Gasteiger partial charge >= 0.3 is 5.97 Å². The van der Waals surface area contributed by atoms with Gasteiger partial charge in [0.15, 0.2) is 0 Å².